The molecule has 0 aromatic rings. The first-order valence-corrected chi connectivity index (χ1v) is 12.7. The van der Waals surface area contributed by atoms with Crippen LogP contribution in [0.3, 0.4) is 0 Å². The Labute approximate surface area is 242 Å². The summed E-state index contributed by atoms with van der Waals surface area (Å²) in [6.45, 7) is 2.60. The van der Waals surface area contributed by atoms with Gasteiger partial charge in [0.1, 0.15) is 24.2 Å². The third-order valence-corrected chi connectivity index (χ3v) is 4.67. The zero-order chi connectivity index (χ0) is 33.8. The van der Waals surface area contributed by atoms with Gasteiger partial charge in [-0.2, -0.15) is 0 Å². The summed E-state index contributed by atoms with van der Waals surface area (Å²) in [6, 6.07) is -3.79. The SMILES string of the molecule is CCCCC[C@H](N)C(=O)O.NC(N)=NCCCC[C@H](N)C(=O)O.N[C@@H](CC(=O)O)C(=O)O.N[C@H](CCC(=O)O)C(=O)O. The van der Waals surface area contributed by atoms with Crippen LogP contribution in [0.5, 0.6) is 0 Å². The van der Waals surface area contributed by atoms with E-state index >= 15 is 0 Å². The number of carboxylic acid groups (broad SMARTS) is 6. The first-order chi connectivity index (χ1) is 19.3. The number of carboxylic acids is 6. The molecule has 246 valence electrons. The van der Waals surface area contributed by atoms with E-state index in [1.807, 2.05) is 0 Å². The van der Waals surface area contributed by atoms with Gasteiger partial charge in [0.15, 0.2) is 5.96 Å². The average Bonchev–Trinajstić information content (AvgIpc) is 2.87. The van der Waals surface area contributed by atoms with E-state index in [-0.39, 0.29) is 18.8 Å². The van der Waals surface area contributed by atoms with Crippen LogP contribution in [-0.2, 0) is 28.8 Å². The van der Waals surface area contributed by atoms with E-state index in [1.165, 1.54) is 0 Å². The third-order valence-electron chi connectivity index (χ3n) is 4.67. The van der Waals surface area contributed by atoms with Crippen LogP contribution in [0.15, 0.2) is 4.99 Å². The van der Waals surface area contributed by atoms with Gasteiger partial charge in [0.05, 0.1) is 6.42 Å². The molecule has 0 aliphatic carbocycles. The summed E-state index contributed by atoms with van der Waals surface area (Å²) in [7, 11) is 0. The van der Waals surface area contributed by atoms with Crippen molar-refractivity contribution < 1.29 is 59.4 Å². The second kappa shape index (κ2) is 28.5. The van der Waals surface area contributed by atoms with Gasteiger partial charge >= 0.3 is 35.8 Å². The largest absolute Gasteiger partial charge is 0.481 e. The molecule has 0 radical (unpaired) electrons. The number of rotatable bonds is 18. The van der Waals surface area contributed by atoms with Crippen LogP contribution >= 0.6 is 0 Å². The first-order valence-electron chi connectivity index (χ1n) is 12.7. The van der Waals surface area contributed by atoms with E-state index in [1.54, 1.807) is 0 Å². The zero-order valence-corrected chi connectivity index (χ0v) is 23.6. The van der Waals surface area contributed by atoms with Gasteiger partial charge in [-0.15, -0.1) is 0 Å². The number of aliphatic imine (C=N–C) groups is 1. The Kier molecular flexibility index (Phi) is 30.4. The number of aliphatic carboxylic acids is 6. The van der Waals surface area contributed by atoms with Crippen molar-refractivity contribution in [2.24, 2.45) is 39.4 Å². The van der Waals surface area contributed by atoms with Gasteiger partial charge in [-0.3, -0.25) is 33.8 Å². The van der Waals surface area contributed by atoms with Crippen molar-refractivity contribution in [1.29, 1.82) is 0 Å². The highest BCUT2D eigenvalue weighted by Gasteiger charge is 2.14. The second-order valence-electron chi connectivity index (χ2n) is 8.61. The maximum Gasteiger partial charge on any atom is 0.321 e. The molecule has 4 atom stereocenters. The fourth-order valence-electron chi connectivity index (χ4n) is 2.22. The molecule has 0 aliphatic rings. The normalized spacial score (nSPS) is 12.5. The fourth-order valence-corrected chi connectivity index (χ4v) is 2.22. The Balaban J connectivity index is -0.000000232. The maximum atomic E-state index is 10.3. The molecule has 0 saturated carbocycles. The minimum absolute atomic E-state index is 0.0231. The van der Waals surface area contributed by atoms with E-state index in [0.717, 1.165) is 25.7 Å². The quantitative estimate of drug-likeness (QED) is 0.0449. The van der Waals surface area contributed by atoms with Crippen LogP contribution in [0.4, 0.5) is 0 Å². The van der Waals surface area contributed by atoms with Gasteiger partial charge in [-0.05, 0) is 32.1 Å². The molecular weight excluding hydrogens is 566 g/mol. The lowest BCUT2D eigenvalue weighted by Gasteiger charge is -2.04. The Morgan fingerprint density at radius 3 is 1.24 bits per heavy atom. The Morgan fingerprint density at radius 2 is 0.952 bits per heavy atom. The smallest absolute Gasteiger partial charge is 0.321 e. The Morgan fingerprint density at radius 1 is 0.571 bits per heavy atom. The van der Waals surface area contributed by atoms with Crippen LogP contribution in [0.25, 0.3) is 0 Å². The van der Waals surface area contributed by atoms with E-state index in [0.29, 0.717) is 25.8 Å². The molecule has 0 aromatic carbocycles. The highest BCUT2D eigenvalue weighted by Crippen LogP contribution is 2.01. The summed E-state index contributed by atoms with van der Waals surface area (Å²) >= 11 is 0. The van der Waals surface area contributed by atoms with Crippen LogP contribution in [-0.4, -0.2) is 103 Å². The molecule has 0 aromatic heterocycles. The molecule has 0 unspecified atom stereocenters. The van der Waals surface area contributed by atoms with E-state index in [4.69, 9.17) is 65.0 Å². The Hall–Kier alpha value is -4.07. The fraction of sp³-hybridized carbons (Fsp3) is 0.696. The standard InChI is InChI=1S/C7H16N4O2.C7H15NO2.C5H9NO4.C4H7NO4/c8-5(6(12)13)3-1-2-4-11-7(9)10;1-2-3-4-5-6(8)7(9)10;6-3(5(9)10)1-2-4(7)8;5-2(4(8)9)1-3(6)7/h5H,1-4,8H2,(H,12,13)(H4,9,10,11);6H,2-5,8H2,1H3,(H,9,10);3H,1-2,6H2,(H,7,8)(H,9,10);2H,1,5H2,(H,6,7)(H,8,9)/t5-;6-;3-;2-/m0010/s1. The summed E-state index contributed by atoms with van der Waals surface area (Å²) in [5, 5.41) is 49.1. The predicted molar refractivity (Wildman–Crippen MR) is 150 cm³/mol. The molecule has 0 aliphatic heterocycles. The minimum Gasteiger partial charge on any atom is -0.481 e. The van der Waals surface area contributed by atoms with Gasteiger partial charge in [-0.1, -0.05) is 26.2 Å². The van der Waals surface area contributed by atoms with Gasteiger partial charge in [0, 0.05) is 13.0 Å². The second-order valence-corrected chi connectivity index (χ2v) is 8.61. The monoisotopic (exact) mass is 613 g/mol. The molecule has 0 fully saturated rings. The van der Waals surface area contributed by atoms with Crippen LogP contribution < -0.4 is 34.4 Å². The molecule has 0 saturated heterocycles. The van der Waals surface area contributed by atoms with Crippen LogP contribution in [0.1, 0.15) is 71.1 Å². The molecule has 0 heterocycles. The summed E-state index contributed by atoms with van der Waals surface area (Å²) in [5.74, 6) is -6.50. The molecule has 18 N–H and O–H groups in total. The topological polar surface area (TPSA) is 392 Å². The number of hydrogen-bond acceptors (Lipinski definition) is 11. The molecule has 42 heavy (non-hydrogen) atoms. The van der Waals surface area contributed by atoms with Crippen molar-refractivity contribution in [3.05, 3.63) is 0 Å². The number of nitrogens with zero attached hydrogens (tertiary/aromatic N) is 1. The summed E-state index contributed by atoms with van der Waals surface area (Å²) in [5.41, 5.74) is 30.6. The van der Waals surface area contributed by atoms with Gasteiger partial charge < -0.3 is 65.0 Å². The highest BCUT2D eigenvalue weighted by atomic mass is 16.4. The minimum atomic E-state index is -1.29. The van der Waals surface area contributed by atoms with Crippen LogP contribution in [0, 0.1) is 0 Å². The predicted octanol–water partition coefficient (Wildman–Crippen LogP) is -2.04. The van der Waals surface area contributed by atoms with E-state index < -0.39 is 66.4 Å². The number of guanidine groups is 1. The highest BCUT2D eigenvalue weighted by molar-refractivity contribution is 5.80. The van der Waals surface area contributed by atoms with Crippen molar-refractivity contribution >= 4 is 41.8 Å². The lowest BCUT2D eigenvalue weighted by atomic mass is 10.1. The maximum absolute atomic E-state index is 10.3. The number of nitrogens with two attached hydrogens (primary N) is 6. The molecule has 0 amide bonds. The lowest BCUT2D eigenvalue weighted by Crippen LogP contribution is -2.32. The molecule has 0 bridgehead atoms. The van der Waals surface area contributed by atoms with Crippen molar-refractivity contribution in [1.82, 2.24) is 0 Å². The van der Waals surface area contributed by atoms with Gasteiger partial charge in [0.25, 0.3) is 0 Å². The molecule has 0 spiro atoms. The first kappa shape index (κ1) is 44.9. The molecule has 19 nitrogen and oxygen atoms in total. The Bertz CT molecular complexity index is 839. The number of hydrogen-bond donors (Lipinski definition) is 12. The lowest BCUT2D eigenvalue weighted by molar-refractivity contribution is -0.144. The number of unbranched alkanes of at least 4 members (excludes halogenated alkanes) is 3. The van der Waals surface area contributed by atoms with Crippen LogP contribution in [0.2, 0.25) is 0 Å². The molecule has 0 rings (SSSR count). The zero-order valence-electron chi connectivity index (χ0n) is 23.6. The summed E-state index contributed by atoms with van der Waals surface area (Å²) < 4.78 is 0. The van der Waals surface area contributed by atoms with Crippen molar-refractivity contribution in [2.75, 3.05) is 6.54 Å². The molecular formula is C23H47N7O12. The molecule has 19 heteroatoms. The van der Waals surface area contributed by atoms with Gasteiger partial charge in [-0.25, -0.2) is 0 Å². The van der Waals surface area contributed by atoms with E-state index in [2.05, 4.69) is 11.9 Å². The van der Waals surface area contributed by atoms with Crippen molar-refractivity contribution in [3.63, 3.8) is 0 Å². The van der Waals surface area contributed by atoms with Gasteiger partial charge in [0.2, 0.25) is 0 Å². The summed E-state index contributed by atoms with van der Waals surface area (Å²) in [6.07, 6.45) is 4.85. The third kappa shape index (κ3) is 38.1. The summed E-state index contributed by atoms with van der Waals surface area (Å²) in [4.78, 5) is 63.7. The average molecular weight is 614 g/mol. The van der Waals surface area contributed by atoms with E-state index in [9.17, 15) is 28.8 Å². The van der Waals surface area contributed by atoms with Crippen molar-refractivity contribution in [3.8, 4) is 0 Å². The number of carbonyl (C=O) groups is 6. The van der Waals surface area contributed by atoms with Crippen molar-refractivity contribution in [2.45, 2.75) is 95.3 Å².